The van der Waals surface area contributed by atoms with Gasteiger partial charge in [0.05, 0.1) is 17.2 Å². The first-order valence-electron chi connectivity index (χ1n) is 6.49. The van der Waals surface area contributed by atoms with Crippen LogP contribution in [0.3, 0.4) is 0 Å². The van der Waals surface area contributed by atoms with Crippen LogP contribution < -0.4 is 0 Å². The largest absolute Gasteiger partial charge is 0.306 e. The third-order valence-corrected chi connectivity index (χ3v) is 4.21. The van der Waals surface area contributed by atoms with Gasteiger partial charge in [-0.2, -0.15) is 5.26 Å². The van der Waals surface area contributed by atoms with Gasteiger partial charge in [-0.1, -0.05) is 18.2 Å². The Balaban J connectivity index is 1.90. The lowest BCUT2D eigenvalue weighted by atomic mass is 9.74. The number of fused-ring (bicyclic) bond motifs is 1. The number of aliphatic imine (C=N–C) groups is 1. The second kappa shape index (κ2) is 4.22. The van der Waals surface area contributed by atoms with E-state index < -0.39 is 0 Å². The van der Waals surface area contributed by atoms with Gasteiger partial charge in [0, 0.05) is 12.1 Å². The normalized spacial score (nSPS) is 22.1. The molecule has 0 radical (unpaired) electrons. The van der Waals surface area contributed by atoms with Gasteiger partial charge >= 0.3 is 0 Å². The highest BCUT2D eigenvalue weighted by Crippen LogP contribution is 2.39. The molecule has 2 aliphatic rings. The van der Waals surface area contributed by atoms with E-state index in [-0.39, 0.29) is 5.41 Å². The van der Waals surface area contributed by atoms with E-state index in [9.17, 15) is 5.26 Å². The summed E-state index contributed by atoms with van der Waals surface area (Å²) < 4.78 is 0. The summed E-state index contributed by atoms with van der Waals surface area (Å²) in [4.78, 5) is 7.01. The molecule has 0 N–H and O–H groups in total. The SMILES string of the molecule is CN1CCC(C#N)(C2=Nc3ccccc3C2)CC1. The zero-order valence-electron chi connectivity index (χ0n) is 10.7. The van der Waals surface area contributed by atoms with Crippen molar-refractivity contribution in [2.75, 3.05) is 20.1 Å². The molecule has 18 heavy (non-hydrogen) atoms. The topological polar surface area (TPSA) is 39.4 Å². The second-order valence-electron chi connectivity index (χ2n) is 5.36. The van der Waals surface area contributed by atoms with E-state index >= 15 is 0 Å². The minimum absolute atomic E-state index is 0.328. The van der Waals surface area contributed by atoms with Crippen molar-refractivity contribution in [1.29, 1.82) is 5.26 Å². The Kier molecular flexibility index (Phi) is 2.68. The van der Waals surface area contributed by atoms with Crippen LogP contribution in [0.5, 0.6) is 0 Å². The maximum atomic E-state index is 9.62. The van der Waals surface area contributed by atoms with Crippen LogP contribution in [0.15, 0.2) is 29.3 Å². The van der Waals surface area contributed by atoms with Gasteiger partial charge in [0.2, 0.25) is 0 Å². The monoisotopic (exact) mass is 239 g/mol. The van der Waals surface area contributed by atoms with Crippen LogP contribution in [0.1, 0.15) is 18.4 Å². The van der Waals surface area contributed by atoms with Crippen LogP contribution in [0.25, 0.3) is 0 Å². The molecular formula is C15H17N3. The van der Waals surface area contributed by atoms with Gasteiger partial charge < -0.3 is 4.90 Å². The van der Waals surface area contributed by atoms with E-state index in [4.69, 9.17) is 4.99 Å². The molecule has 1 saturated heterocycles. The smallest absolute Gasteiger partial charge is 0.0982 e. The van der Waals surface area contributed by atoms with Gasteiger partial charge in [0.15, 0.2) is 0 Å². The molecule has 0 saturated carbocycles. The number of hydrogen-bond donors (Lipinski definition) is 0. The third kappa shape index (κ3) is 1.74. The second-order valence-corrected chi connectivity index (χ2v) is 5.36. The number of nitriles is 1. The van der Waals surface area contributed by atoms with E-state index in [0.717, 1.165) is 43.8 Å². The van der Waals surface area contributed by atoms with Gasteiger partial charge in [-0.25, -0.2) is 0 Å². The van der Waals surface area contributed by atoms with Crippen molar-refractivity contribution in [2.24, 2.45) is 10.4 Å². The maximum absolute atomic E-state index is 9.62. The highest BCUT2D eigenvalue weighted by Gasteiger charge is 2.40. The van der Waals surface area contributed by atoms with Gasteiger partial charge in [0.1, 0.15) is 0 Å². The fourth-order valence-corrected chi connectivity index (χ4v) is 2.88. The van der Waals surface area contributed by atoms with E-state index in [2.05, 4.69) is 24.1 Å². The molecule has 0 unspecified atom stereocenters. The predicted molar refractivity (Wildman–Crippen MR) is 72.0 cm³/mol. The van der Waals surface area contributed by atoms with E-state index in [1.807, 2.05) is 18.2 Å². The first-order valence-corrected chi connectivity index (χ1v) is 6.49. The summed E-state index contributed by atoms with van der Waals surface area (Å²) in [5, 5.41) is 9.62. The number of hydrogen-bond acceptors (Lipinski definition) is 3. The summed E-state index contributed by atoms with van der Waals surface area (Å²) in [5.41, 5.74) is 3.08. The van der Waals surface area contributed by atoms with E-state index in [1.165, 1.54) is 5.56 Å². The van der Waals surface area contributed by atoms with Crippen LogP contribution in [-0.2, 0) is 6.42 Å². The van der Waals surface area contributed by atoms with Crippen molar-refractivity contribution in [2.45, 2.75) is 19.3 Å². The molecule has 0 spiro atoms. The molecule has 0 amide bonds. The van der Waals surface area contributed by atoms with Crippen LogP contribution in [0.4, 0.5) is 5.69 Å². The summed E-state index contributed by atoms with van der Waals surface area (Å²) in [6.45, 7) is 1.98. The molecule has 3 rings (SSSR count). The molecule has 0 aromatic heterocycles. The molecule has 92 valence electrons. The summed E-state index contributed by atoms with van der Waals surface area (Å²) >= 11 is 0. The maximum Gasteiger partial charge on any atom is 0.0982 e. The molecule has 0 aliphatic carbocycles. The van der Waals surface area contributed by atoms with Crippen LogP contribution >= 0.6 is 0 Å². The molecule has 1 fully saturated rings. The summed E-state index contributed by atoms with van der Waals surface area (Å²) in [6.07, 6.45) is 2.67. The lowest BCUT2D eigenvalue weighted by molar-refractivity contribution is 0.217. The highest BCUT2D eigenvalue weighted by molar-refractivity contribution is 6.00. The van der Waals surface area contributed by atoms with Gasteiger partial charge in [-0.3, -0.25) is 4.99 Å². The van der Waals surface area contributed by atoms with Crippen LogP contribution in [0.2, 0.25) is 0 Å². The van der Waals surface area contributed by atoms with E-state index in [1.54, 1.807) is 0 Å². The zero-order chi connectivity index (χ0) is 12.6. The molecule has 3 nitrogen and oxygen atoms in total. The summed E-state index contributed by atoms with van der Waals surface area (Å²) in [5.74, 6) is 0. The van der Waals surface area contributed by atoms with Crippen LogP contribution in [0, 0.1) is 16.7 Å². The Morgan fingerprint density at radius 2 is 2.00 bits per heavy atom. The van der Waals surface area contributed by atoms with Crippen molar-refractivity contribution in [3.05, 3.63) is 29.8 Å². The average Bonchev–Trinajstić information content (AvgIpc) is 2.84. The number of benzene rings is 1. The Morgan fingerprint density at radius 1 is 1.28 bits per heavy atom. The Morgan fingerprint density at radius 3 is 2.67 bits per heavy atom. The highest BCUT2D eigenvalue weighted by atomic mass is 15.1. The first-order chi connectivity index (χ1) is 8.73. The third-order valence-electron chi connectivity index (χ3n) is 4.21. The average molecular weight is 239 g/mol. The predicted octanol–water partition coefficient (Wildman–Crippen LogP) is 2.55. The lowest BCUT2D eigenvalue weighted by Gasteiger charge is -2.35. The van der Waals surface area contributed by atoms with Crippen molar-refractivity contribution >= 4 is 11.4 Å². The molecule has 0 bridgehead atoms. The van der Waals surface area contributed by atoms with Crippen LogP contribution in [-0.4, -0.2) is 30.7 Å². The van der Waals surface area contributed by atoms with Gasteiger partial charge in [-0.05, 0) is 44.6 Å². The lowest BCUT2D eigenvalue weighted by Crippen LogP contribution is -2.42. The van der Waals surface area contributed by atoms with Gasteiger partial charge in [-0.15, -0.1) is 0 Å². The standard InChI is InChI=1S/C15H17N3/c1-18-8-6-15(11-16,7-9-18)14-10-12-4-2-3-5-13(12)17-14/h2-5H,6-10H2,1H3. The number of likely N-dealkylation sites (tertiary alicyclic amines) is 1. The molecule has 2 heterocycles. The number of nitrogens with zero attached hydrogens (tertiary/aromatic N) is 3. The fourth-order valence-electron chi connectivity index (χ4n) is 2.88. The van der Waals surface area contributed by atoms with E-state index in [0.29, 0.717) is 0 Å². The minimum atomic E-state index is -0.328. The van der Waals surface area contributed by atoms with Crippen molar-refractivity contribution in [3.63, 3.8) is 0 Å². The van der Waals surface area contributed by atoms with Gasteiger partial charge in [0.25, 0.3) is 0 Å². The Labute approximate surface area is 108 Å². The van der Waals surface area contributed by atoms with Crippen molar-refractivity contribution < 1.29 is 0 Å². The molecule has 3 heteroatoms. The number of piperidine rings is 1. The zero-order valence-corrected chi connectivity index (χ0v) is 10.7. The summed E-state index contributed by atoms with van der Waals surface area (Å²) in [6, 6.07) is 10.8. The van der Waals surface area contributed by atoms with Crippen molar-refractivity contribution in [1.82, 2.24) is 4.90 Å². The quantitative estimate of drug-likeness (QED) is 0.755. The Hall–Kier alpha value is -1.66. The molecule has 1 aromatic rings. The molecule has 1 aromatic carbocycles. The van der Waals surface area contributed by atoms with Crippen molar-refractivity contribution in [3.8, 4) is 6.07 Å². The number of rotatable bonds is 1. The Bertz CT molecular complexity index is 531. The molecule has 0 atom stereocenters. The fraction of sp³-hybridized carbons (Fsp3) is 0.467. The number of para-hydroxylation sites is 1. The summed E-state index contributed by atoms with van der Waals surface area (Å²) in [7, 11) is 2.12. The first kappa shape index (κ1) is 11.4. The minimum Gasteiger partial charge on any atom is -0.306 e. The molecular weight excluding hydrogens is 222 g/mol. The molecule has 2 aliphatic heterocycles.